The van der Waals surface area contributed by atoms with E-state index in [0.717, 1.165) is 56.6 Å². The van der Waals surface area contributed by atoms with Crippen molar-refractivity contribution in [3.05, 3.63) is 52.6 Å². The molecule has 2 aliphatic heterocycles. The zero-order chi connectivity index (χ0) is 26.4. The maximum Gasteiger partial charge on any atom is 0.354 e. The molecule has 2 saturated heterocycles. The number of hydrogen-bond acceptors (Lipinski definition) is 7. The van der Waals surface area contributed by atoms with Gasteiger partial charge in [-0.25, -0.2) is 9.59 Å². The Balaban J connectivity index is 1.02. The van der Waals surface area contributed by atoms with Crippen LogP contribution in [0, 0.1) is 11.8 Å². The quantitative estimate of drug-likeness (QED) is 0.495. The van der Waals surface area contributed by atoms with Crippen LogP contribution in [0.3, 0.4) is 0 Å². The van der Waals surface area contributed by atoms with Gasteiger partial charge in [-0.05, 0) is 61.3 Å². The predicted molar refractivity (Wildman–Crippen MR) is 143 cm³/mol. The first-order valence-electron chi connectivity index (χ1n) is 13.6. The fourth-order valence-electron chi connectivity index (χ4n) is 6.05. The number of anilines is 1. The summed E-state index contributed by atoms with van der Waals surface area (Å²) in [6, 6.07) is 9.61. The minimum Gasteiger partial charge on any atom is -0.338 e. The third-order valence-electron chi connectivity index (χ3n) is 8.81. The molecule has 1 unspecified atom stereocenters. The minimum absolute atomic E-state index is 0.0182. The largest absolute Gasteiger partial charge is 0.354 e. The van der Waals surface area contributed by atoms with Crippen LogP contribution >= 0.6 is 0 Å². The van der Waals surface area contributed by atoms with Crippen molar-refractivity contribution in [1.29, 1.82) is 0 Å². The van der Waals surface area contributed by atoms with Crippen LogP contribution in [0.4, 0.5) is 10.6 Å². The van der Waals surface area contributed by atoms with Crippen LogP contribution < -0.4 is 22.5 Å². The van der Waals surface area contributed by atoms with Gasteiger partial charge in [-0.2, -0.15) is 4.98 Å². The number of nitrogens with one attached hydrogen (secondary N) is 1. The lowest BCUT2D eigenvalue weighted by Crippen LogP contribution is -2.63. The maximum atomic E-state index is 12.8. The van der Waals surface area contributed by atoms with E-state index in [2.05, 4.69) is 21.3 Å². The fourth-order valence-corrected chi connectivity index (χ4v) is 6.05. The van der Waals surface area contributed by atoms with Crippen LogP contribution in [0.2, 0.25) is 0 Å². The van der Waals surface area contributed by atoms with E-state index in [1.54, 1.807) is 22.1 Å². The summed E-state index contributed by atoms with van der Waals surface area (Å²) in [6.45, 7) is 4.86. The number of hydrogen-bond donors (Lipinski definition) is 3. The number of urea groups is 1. The number of carbonyl (C=O) groups is 2. The summed E-state index contributed by atoms with van der Waals surface area (Å²) in [4.78, 5) is 48.1. The Morgan fingerprint density at radius 1 is 1.05 bits per heavy atom. The van der Waals surface area contributed by atoms with Crippen LogP contribution in [-0.2, 0) is 11.2 Å². The van der Waals surface area contributed by atoms with Crippen molar-refractivity contribution in [1.82, 2.24) is 24.3 Å². The number of rotatable bonds is 6. The summed E-state index contributed by atoms with van der Waals surface area (Å²) in [7, 11) is 0. The Bertz CT molecular complexity index is 1270. The Labute approximate surface area is 221 Å². The number of nitrogens with two attached hydrogens (primary N) is 2. The summed E-state index contributed by atoms with van der Waals surface area (Å²) >= 11 is 0. The number of carbonyl (C=O) groups excluding carboxylic acids is 2. The molecule has 0 radical (unpaired) electrons. The zero-order valence-electron chi connectivity index (χ0n) is 21.6. The highest BCUT2D eigenvalue weighted by Crippen LogP contribution is 2.43. The topological polar surface area (TPSA) is 143 Å². The van der Waals surface area contributed by atoms with Crippen molar-refractivity contribution in [2.24, 2.45) is 23.3 Å². The van der Waals surface area contributed by atoms with Crippen molar-refractivity contribution in [3.8, 4) is 5.69 Å². The number of aromatic nitrogens is 2. The number of piperidine rings is 1. The van der Waals surface area contributed by atoms with Gasteiger partial charge >= 0.3 is 11.7 Å². The maximum absolute atomic E-state index is 12.8. The number of likely N-dealkylation sites (tertiary alicyclic amines) is 1. The van der Waals surface area contributed by atoms with E-state index >= 15 is 0 Å². The predicted octanol–water partition coefficient (Wildman–Crippen LogP) is 0.221. The Morgan fingerprint density at radius 3 is 2.42 bits per heavy atom. The molecule has 202 valence electrons. The molecular formula is C27H36N8O3. The average Bonchev–Trinajstić information content (AvgIpc) is 3.29. The molecule has 38 heavy (non-hydrogen) atoms. The van der Waals surface area contributed by atoms with Gasteiger partial charge in [0.25, 0.3) is 0 Å². The lowest BCUT2D eigenvalue weighted by atomic mass is 9.76. The summed E-state index contributed by atoms with van der Waals surface area (Å²) in [5.41, 5.74) is 12.9. The van der Waals surface area contributed by atoms with Gasteiger partial charge in [0.15, 0.2) is 0 Å². The highest BCUT2D eigenvalue weighted by molar-refractivity contribution is 5.89. The van der Waals surface area contributed by atoms with Gasteiger partial charge in [0.1, 0.15) is 5.82 Å². The minimum atomic E-state index is -0.722. The van der Waals surface area contributed by atoms with Crippen molar-refractivity contribution in [2.45, 2.75) is 37.3 Å². The zero-order valence-corrected chi connectivity index (χ0v) is 21.6. The molecule has 1 aromatic carbocycles. The van der Waals surface area contributed by atoms with E-state index in [1.807, 2.05) is 18.2 Å². The van der Waals surface area contributed by atoms with Crippen molar-refractivity contribution >= 4 is 17.8 Å². The van der Waals surface area contributed by atoms with E-state index in [4.69, 9.17) is 11.5 Å². The SMILES string of the molecule is NC1[C@H]2CN(CCc3cccc(-n4ccc(NC(=O)N5CCN(C(=O)C6(N)CCC6)CC5)nc4=O)c3)C[C@@H]12. The highest BCUT2D eigenvalue weighted by atomic mass is 16.2. The molecule has 6 rings (SSSR count). The monoisotopic (exact) mass is 520 g/mol. The van der Waals surface area contributed by atoms with Gasteiger partial charge in [0.2, 0.25) is 5.91 Å². The van der Waals surface area contributed by atoms with Crippen molar-refractivity contribution < 1.29 is 9.59 Å². The second kappa shape index (κ2) is 9.79. The normalized spacial score (nSPS) is 26.0. The van der Waals surface area contributed by atoms with Gasteiger partial charge < -0.3 is 26.2 Å². The second-order valence-electron chi connectivity index (χ2n) is 11.3. The van der Waals surface area contributed by atoms with Crippen LogP contribution in [0.5, 0.6) is 0 Å². The van der Waals surface area contributed by atoms with Crippen LogP contribution in [0.25, 0.3) is 5.69 Å². The smallest absolute Gasteiger partial charge is 0.338 e. The first-order valence-corrected chi connectivity index (χ1v) is 13.6. The molecule has 1 aromatic heterocycles. The van der Waals surface area contributed by atoms with E-state index in [0.29, 0.717) is 44.1 Å². The molecule has 2 saturated carbocycles. The molecular weight excluding hydrogens is 484 g/mol. The van der Waals surface area contributed by atoms with Crippen molar-refractivity contribution in [2.75, 3.05) is 51.1 Å². The molecule has 5 N–H and O–H groups in total. The van der Waals surface area contributed by atoms with E-state index in [-0.39, 0.29) is 17.8 Å². The van der Waals surface area contributed by atoms with Gasteiger partial charge in [0, 0.05) is 58.1 Å². The Morgan fingerprint density at radius 2 is 1.76 bits per heavy atom. The van der Waals surface area contributed by atoms with Crippen LogP contribution in [-0.4, -0.2) is 93.6 Å². The molecule has 3 heterocycles. The first kappa shape index (κ1) is 25.0. The Hall–Kier alpha value is -3.28. The van der Waals surface area contributed by atoms with Gasteiger partial charge in [-0.15, -0.1) is 0 Å². The third-order valence-corrected chi connectivity index (χ3v) is 8.81. The standard InChI is InChI=1S/C27H36N8O3/c28-23-20-16-32(17-21(20)23)9-5-18-3-1-4-19(15-18)35-10-6-22(31-26(35)38)30-25(37)34-13-11-33(12-14-34)24(36)27(29)7-2-8-27/h1,3-4,6,10,15,20-21,23H,2,5,7-9,11-14,16-17,28-29H2,(H,30,31,37,38)/t20-,21+,23?. The van der Waals surface area contributed by atoms with E-state index in [9.17, 15) is 14.4 Å². The number of benzene rings is 1. The van der Waals surface area contributed by atoms with Gasteiger partial charge in [0.05, 0.1) is 11.2 Å². The van der Waals surface area contributed by atoms with Crippen LogP contribution in [0.15, 0.2) is 41.3 Å². The van der Waals surface area contributed by atoms with Gasteiger partial charge in [-0.1, -0.05) is 12.1 Å². The molecule has 11 heteroatoms. The molecule has 4 aliphatic rings. The van der Waals surface area contributed by atoms with Crippen LogP contribution in [0.1, 0.15) is 24.8 Å². The average molecular weight is 521 g/mol. The molecule has 11 nitrogen and oxygen atoms in total. The van der Waals surface area contributed by atoms with E-state index < -0.39 is 11.2 Å². The number of amides is 3. The summed E-state index contributed by atoms with van der Waals surface area (Å²) in [5.74, 6) is 1.53. The highest BCUT2D eigenvalue weighted by Gasteiger charge is 2.53. The number of piperazine rings is 1. The summed E-state index contributed by atoms with van der Waals surface area (Å²) in [6.07, 6.45) is 4.97. The number of fused-ring (bicyclic) bond motifs is 1. The third kappa shape index (κ3) is 4.81. The lowest BCUT2D eigenvalue weighted by molar-refractivity contribution is -0.141. The van der Waals surface area contributed by atoms with Crippen molar-refractivity contribution in [3.63, 3.8) is 0 Å². The molecule has 2 aliphatic carbocycles. The molecule has 4 fully saturated rings. The fraction of sp³-hybridized carbons (Fsp3) is 0.556. The first-order chi connectivity index (χ1) is 18.3. The molecule has 2 aromatic rings. The Kier molecular flexibility index (Phi) is 6.45. The molecule has 3 amide bonds. The molecule has 0 bridgehead atoms. The summed E-state index contributed by atoms with van der Waals surface area (Å²) in [5, 5.41) is 2.72. The number of nitrogens with zero attached hydrogens (tertiary/aromatic N) is 5. The molecule has 3 atom stereocenters. The van der Waals surface area contributed by atoms with Gasteiger partial charge in [-0.3, -0.25) is 14.7 Å². The lowest BCUT2D eigenvalue weighted by Gasteiger charge is -2.43. The van der Waals surface area contributed by atoms with E-state index in [1.165, 1.54) is 4.57 Å². The summed E-state index contributed by atoms with van der Waals surface area (Å²) < 4.78 is 1.48. The molecule has 0 spiro atoms. The second-order valence-corrected chi connectivity index (χ2v) is 11.3.